The molecule has 3 aromatic rings. The Bertz CT molecular complexity index is 848. The van der Waals surface area contributed by atoms with Crippen LogP contribution in [-0.4, -0.2) is 4.57 Å². The van der Waals surface area contributed by atoms with Crippen LogP contribution in [0.15, 0.2) is 55.1 Å². The Labute approximate surface area is 139 Å². The van der Waals surface area contributed by atoms with Crippen LogP contribution in [-0.2, 0) is 6.42 Å². The molecule has 0 aliphatic heterocycles. The molecule has 118 valence electrons. The fraction of sp³-hybridized carbons (Fsp3) is 0.273. The molecule has 0 saturated heterocycles. The maximum absolute atomic E-state index is 4.39. The van der Waals surface area contributed by atoms with Crippen LogP contribution < -0.4 is 0 Å². The zero-order chi connectivity index (χ0) is 16.6. The average molecular weight is 303 g/mol. The molecule has 0 aliphatic rings. The SMILES string of the molecule is C=C(c1ccc(C)cc1)n1c(C)c(CC(C)C)c2ccccc21. The van der Waals surface area contributed by atoms with Crippen LogP contribution in [0.1, 0.15) is 36.2 Å². The Hall–Kier alpha value is -2.28. The summed E-state index contributed by atoms with van der Waals surface area (Å²) in [6.07, 6.45) is 1.10. The predicted octanol–water partition coefficient (Wildman–Crippen LogP) is 5.98. The summed E-state index contributed by atoms with van der Waals surface area (Å²) in [4.78, 5) is 0. The lowest BCUT2D eigenvalue weighted by atomic mass is 10.0. The quantitative estimate of drug-likeness (QED) is 0.559. The van der Waals surface area contributed by atoms with Gasteiger partial charge in [0, 0.05) is 16.8 Å². The molecule has 0 N–H and O–H groups in total. The van der Waals surface area contributed by atoms with Gasteiger partial charge in [-0.3, -0.25) is 0 Å². The minimum atomic E-state index is 0.639. The van der Waals surface area contributed by atoms with Gasteiger partial charge in [-0.05, 0) is 43.4 Å². The minimum absolute atomic E-state index is 0.639. The van der Waals surface area contributed by atoms with Crippen LogP contribution in [0.3, 0.4) is 0 Å². The summed E-state index contributed by atoms with van der Waals surface area (Å²) < 4.78 is 2.32. The lowest BCUT2D eigenvalue weighted by molar-refractivity contribution is 0.646. The lowest BCUT2D eigenvalue weighted by Gasteiger charge is -2.13. The van der Waals surface area contributed by atoms with Crippen molar-refractivity contribution in [3.63, 3.8) is 0 Å². The van der Waals surface area contributed by atoms with Crippen molar-refractivity contribution in [3.05, 3.63) is 77.5 Å². The Kier molecular flexibility index (Phi) is 4.12. The molecule has 0 bridgehead atoms. The molecule has 3 rings (SSSR count). The first kappa shape index (κ1) is 15.6. The van der Waals surface area contributed by atoms with Crippen molar-refractivity contribution in [1.82, 2.24) is 4.57 Å². The van der Waals surface area contributed by atoms with Crippen molar-refractivity contribution in [3.8, 4) is 0 Å². The molecule has 0 radical (unpaired) electrons. The van der Waals surface area contributed by atoms with Crippen molar-refractivity contribution in [2.75, 3.05) is 0 Å². The Morgan fingerprint density at radius 1 is 1.00 bits per heavy atom. The molecule has 1 heteroatoms. The minimum Gasteiger partial charge on any atom is -0.314 e. The highest BCUT2D eigenvalue weighted by atomic mass is 15.0. The van der Waals surface area contributed by atoms with E-state index in [2.05, 4.69) is 87.4 Å². The van der Waals surface area contributed by atoms with Crippen molar-refractivity contribution >= 4 is 16.6 Å². The van der Waals surface area contributed by atoms with Gasteiger partial charge in [0.2, 0.25) is 0 Å². The van der Waals surface area contributed by atoms with E-state index >= 15 is 0 Å². The van der Waals surface area contributed by atoms with E-state index in [0.29, 0.717) is 5.92 Å². The van der Waals surface area contributed by atoms with Gasteiger partial charge >= 0.3 is 0 Å². The fourth-order valence-corrected chi connectivity index (χ4v) is 3.32. The van der Waals surface area contributed by atoms with Crippen LogP contribution in [0, 0.1) is 19.8 Å². The molecular formula is C22H25N. The van der Waals surface area contributed by atoms with Gasteiger partial charge in [0.1, 0.15) is 0 Å². The monoisotopic (exact) mass is 303 g/mol. The number of aromatic nitrogens is 1. The molecule has 0 atom stereocenters. The van der Waals surface area contributed by atoms with Crippen LogP contribution in [0.5, 0.6) is 0 Å². The Balaban J connectivity index is 2.19. The van der Waals surface area contributed by atoms with Crippen molar-refractivity contribution in [2.45, 2.75) is 34.1 Å². The van der Waals surface area contributed by atoms with E-state index in [9.17, 15) is 0 Å². The summed E-state index contributed by atoms with van der Waals surface area (Å²) in [5.74, 6) is 0.639. The zero-order valence-electron chi connectivity index (χ0n) is 14.6. The van der Waals surface area contributed by atoms with E-state index in [0.717, 1.165) is 12.1 Å². The second-order valence-corrected chi connectivity index (χ2v) is 6.83. The number of aryl methyl sites for hydroxylation is 1. The van der Waals surface area contributed by atoms with E-state index < -0.39 is 0 Å². The summed E-state index contributed by atoms with van der Waals surface area (Å²) in [6.45, 7) is 13.3. The summed E-state index contributed by atoms with van der Waals surface area (Å²) in [6, 6.07) is 17.3. The first-order valence-corrected chi connectivity index (χ1v) is 8.34. The third-order valence-corrected chi connectivity index (χ3v) is 4.51. The number of hydrogen-bond donors (Lipinski definition) is 0. The van der Waals surface area contributed by atoms with Gasteiger partial charge in [-0.2, -0.15) is 0 Å². The molecule has 0 spiro atoms. The first-order valence-electron chi connectivity index (χ1n) is 8.34. The fourth-order valence-electron chi connectivity index (χ4n) is 3.32. The predicted molar refractivity (Wildman–Crippen MR) is 101 cm³/mol. The second-order valence-electron chi connectivity index (χ2n) is 6.83. The van der Waals surface area contributed by atoms with Crippen molar-refractivity contribution in [2.24, 2.45) is 5.92 Å². The summed E-state index contributed by atoms with van der Waals surface area (Å²) in [7, 11) is 0. The maximum atomic E-state index is 4.39. The van der Waals surface area contributed by atoms with E-state index in [-0.39, 0.29) is 0 Å². The Morgan fingerprint density at radius 2 is 1.65 bits per heavy atom. The number of hydrogen-bond acceptors (Lipinski definition) is 0. The van der Waals surface area contributed by atoms with E-state index in [4.69, 9.17) is 0 Å². The largest absolute Gasteiger partial charge is 0.314 e. The molecule has 0 unspecified atom stereocenters. The third kappa shape index (κ3) is 2.84. The first-order chi connectivity index (χ1) is 11.0. The molecule has 0 amide bonds. The van der Waals surface area contributed by atoms with Crippen molar-refractivity contribution < 1.29 is 0 Å². The number of nitrogens with zero attached hydrogens (tertiary/aromatic N) is 1. The van der Waals surface area contributed by atoms with Gasteiger partial charge < -0.3 is 4.57 Å². The van der Waals surface area contributed by atoms with Crippen LogP contribution >= 0.6 is 0 Å². The molecule has 1 heterocycles. The molecule has 1 aromatic heterocycles. The number of rotatable bonds is 4. The molecule has 0 aliphatic carbocycles. The molecule has 0 saturated carbocycles. The molecule has 0 fully saturated rings. The number of para-hydroxylation sites is 1. The van der Waals surface area contributed by atoms with E-state index in [1.807, 2.05) is 0 Å². The summed E-state index contributed by atoms with van der Waals surface area (Å²) in [5.41, 5.74) is 7.51. The molecule has 1 nitrogen and oxygen atoms in total. The van der Waals surface area contributed by atoms with Gasteiger partial charge in [0.05, 0.1) is 5.52 Å². The number of fused-ring (bicyclic) bond motifs is 1. The van der Waals surface area contributed by atoms with Crippen LogP contribution in [0.4, 0.5) is 0 Å². The van der Waals surface area contributed by atoms with Crippen LogP contribution in [0.2, 0.25) is 0 Å². The van der Waals surface area contributed by atoms with E-state index in [1.165, 1.54) is 33.3 Å². The molecular weight excluding hydrogens is 278 g/mol. The smallest absolute Gasteiger partial charge is 0.0534 e. The third-order valence-electron chi connectivity index (χ3n) is 4.51. The van der Waals surface area contributed by atoms with Gasteiger partial charge in [0.15, 0.2) is 0 Å². The number of benzene rings is 2. The van der Waals surface area contributed by atoms with Crippen LogP contribution in [0.25, 0.3) is 16.6 Å². The highest BCUT2D eigenvalue weighted by Gasteiger charge is 2.16. The standard InChI is InChI=1S/C22H25N/c1-15(2)14-21-18(5)23(22-9-7-6-8-20(21)22)17(4)19-12-10-16(3)11-13-19/h6-13,15H,4,14H2,1-3,5H3. The molecule has 23 heavy (non-hydrogen) atoms. The van der Waals surface area contributed by atoms with Gasteiger partial charge in [-0.25, -0.2) is 0 Å². The second kappa shape index (κ2) is 6.08. The Morgan fingerprint density at radius 3 is 2.30 bits per heavy atom. The van der Waals surface area contributed by atoms with Gasteiger partial charge in [-0.15, -0.1) is 0 Å². The van der Waals surface area contributed by atoms with Crippen molar-refractivity contribution in [1.29, 1.82) is 0 Å². The van der Waals surface area contributed by atoms with Gasteiger partial charge in [0.25, 0.3) is 0 Å². The highest BCUT2D eigenvalue weighted by Crippen LogP contribution is 2.32. The lowest BCUT2D eigenvalue weighted by Crippen LogP contribution is -2.02. The highest BCUT2D eigenvalue weighted by molar-refractivity contribution is 5.90. The zero-order valence-corrected chi connectivity index (χ0v) is 14.6. The topological polar surface area (TPSA) is 4.93 Å². The normalized spacial score (nSPS) is 11.3. The maximum Gasteiger partial charge on any atom is 0.0534 e. The average Bonchev–Trinajstić information content (AvgIpc) is 2.80. The summed E-state index contributed by atoms with van der Waals surface area (Å²) >= 11 is 0. The molecule has 2 aromatic carbocycles. The van der Waals surface area contributed by atoms with Gasteiger partial charge in [-0.1, -0.05) is 68.5 Å². The van der Waals surface area contributed by atoms with E-state index in [1.54, 1.807) is 0 Å². The summed E-state index contributed by atoms with van der Waals surface area (Å²) in [5, 5.41) is 1.35.